The zero-order valence-corrected chi connectivity index (χ0v) is 15.8. The van der Waals surface area contributed by atoms with Gasteiger partial charge >= 0.3 is 0 Å². The smallest absolute Gasteiger partial charge is 0.219 e. The summed E-state index contributed by atoms with van der Waals surface area (Å²) >= 11 is 1.74. The molecule has 0 fully saturated rings. The van der Waals surface area contributed by atoms with E-state index in [1.54, 1.807) is 18.3 Å². The van der Waals surface area contributed by atoms with Crippen LogP contribution in [0.5, 0.6) is 11.5 Å². The third-order valence-corrected chi connectivity index (χ3v) is 5.60. The van der Waals surface area contributed by atoms with Crippen LogP contribution in [0.1, 0.15) is 19.4 Å². The van der Waals surface area contributed by atoms with Gasteiger partial charge in [0.1, 0.15) is 6.61 Å². The molecule has 0 N–H and O–H groups in total. The van der Waals surface area contributed by atoms with Gasteiger partial charge in [-0.3, -0.25) is 4.79 Å². The third kappa shape index (κ3) is 3.03. The predicted octanol–water partition coefficient (Wildman–Crippen LogP) is 4.71. The Hall–Kier alpha value is -2.53. The first-order chi connectivity index (χ1) is 12.7. The molecule has 134 valence electrons. The molecule has 0 radical (unpaired) electrons. The number of ether oxygens (including phenoxy) is 2. The van der Waals surface area contributed by atoms with Crippen LogP contribution in [0.15, 0.2) is 41.8 Å². The first-order valence-electron chi connectivity index (χ1n) is 8.82. The van der Waals surface area contributed by atoms with Crippen LogP contribution in [0.3, 0.4) is 0 Å². The molecule has 4 rings (SSSR count). The van der Waals surface area contributed by atoms with E-state index in [2.05, 4.69) is 41.8 Å². The fourth-order valence-electron chi connectivity index (χ4n) is 3.37. The first-order valence-corrected chi connectivity index (χ1v) is 9.70. The summed E-state index contributed by atoms with van der Waals surface area (Å²) in [5, 5.41) is 3.42. The molecule has 3 aromatic rings. The Morgan fingerprint density at radius 1 is 1.31 bits per heavy atom. The summed E-state index contributed by atoms with van der Waals surface area (Å²) < 4.78 is 13.1. The monoisotopic (exact) mass is 367 g/mol. The van der Waals surface area contributed by atoms with Crippen LogP contribution in [0.25, 0.3) is 21.2 Å². The summed E-state index contributed by atoms with van der Waals surface area (Å²) in [6.45, 7) is 5.75. The zero-order chi connectivity index (χ0) is 18.1. The molecule has 1 aliphatic heterocycles. The quantitative estimate of drug-likeness (QED) is 0.673. The van der Waals surface area contributed by atoms with E-state index in [0.29, 0.717) is 26.3 Å². The average Bonchev–Trinajstić information content (AvgIpc) is 2.94. The average molecular weight is 367 g/mol. The molecule has 5 heteroatoms. The van der Waals surface area contributed by atoms with Gasteiger partial charge in [-0.2, -0.15) is 0 Å². The molecule has 1 aliphatic rings. The topological polar surface area (TPSA) is 38.8 Å². The van der Waals surface area contributed by atoms with Crippen LogP contribution in [0.2, 0.25) is 0 Å². The maximum Gasteiger partial charge on any atom is 0.219 e. The summed E-state index contributed by atoms with van der Waals surface area (Å²) in [7, 11) is 0. The Morgan fingerprint density at radius 2 is 2.15 bits per heavy atom. The Kier molecular flexibility index (Phi) is 4.55. The Labute approximate surface area is 157 Å². The molecule has 0 unspecified atom stereocenters. The molecule has 0 saturated carbocycles. The number of rotatable bonds is 3. The number of fused-ring (bicyclic) bond motifs is 2. The second kappa shape index (κ2) is 7.00. The van der Waals surface area contributed by atoms with E-state index in [9.17, 15) is 4.79 Å². The van der Waals surface area contributed by atoms with Gasteiger partial charge in [-0.05, 0) is 36.1 Å². The molecule has 2 aromatic carbocycles. The van der Waals surface area contributed by atoms with Gasteiger partial charge in [-0.1, -0.05) is 18.2 Å². The van der Waals surface area contributed by atoms with Crippen molar-refractivity contribution in [1.29, 1.82) is 0 Å². The number of nitrogens with zero attached hydrogens (tertiary/aromatic N) is 1. The van der Waals surface area contributed by atoms with Crippen LogP contribution < -0.4 is 9.47 Å². The molecule has 0 spiro atoms. The molecular formula is C21H21NO3S. The van der Waals surface area contributed by atoms with Crippen LogP contribution >= 0.6 is 11.3 Å². The molecule has 1 amide bonds. The molecule has 0 bridgehead atoms. The number of hydrogen-bond donors (Lipinski definition) is 0. The van der Waals surface area contributed by atoms with Gasteiger partial charge in [0.25, 0.3) is 0 Å². The van der Waals surface area contributed by atoms with E-state index in [4.69, 9.17) is 9.47 Å². The lowest BCUT2D eigenvalue weighted by Gasteiger charge is -2.18. The van der Waals surface area contributed by atoms with E-state index in [0.717, 1.165) is 22.6 Å². The van der Waals surface area contributed by atoms with Crippen molar-refractivity contribution in [2.75, 3.05) is 19.8 Å². The van der Waals surface area contributed by atoms with Crippen molar-refractivity contribution in [2.24, 2.45) is 0 Å². The van der Waals surface area contributed by atoms with Gasteiger partial charge in [0, 0.05) is 34.7 Å². The first kappa shape index (κ1) is 16.9. The van der Waals surface area contributed by atoms with Crippen LogP contribution in [-0.2, 0) is 11.3 Å². The highest BCUT2D eigenvalue weighted by molar-refractivity contribution is 7.17. The molecule has 26 heavy (non-hydrogen) atoms. The van der Waals surface area contributed by atoms with Crippen molar-refractivity contribution < 1.29 is 14.3 Å². The fraction of sp³-hybridized carbons (Fsp3) is 0.286. The fourth-order valence-corrected chi connectivity index (χ4v) is 4.34. The molecule has 0 saturated heterocycles. The van der Waals surface area contributed by atoms with Gasteiger partial charge in [0.05, 0.1) is 13.2 Å². The summed E-state index contributed by atoms with van der Waals surface area (Å²) in [4.78, 5) is 13.7. The Balaban J connectivity index is 1.86. The highest BCUT2D eigenvalue weighted by Gasteiger charge is 2.22. The van der Waals surface area contributed by atoms with Crippen molar-refractivity contribution >= 4 is 27.3 Å². The van der Waals surface area contributed by atoms with Gasteiger partial charge in [0.15, 0.2) is 11.5 Å². The van der Waals surface area contributed by atoms with Crippen molar-refractivity contribution in [2.45, 2.75) is 20.4 Å². The summed E-state index contributed by atoms with van der Waals surface area (Å²) in [5.74, 6) is 1.57. The maximum absolute atomic E-state index is 11.9. The predicted molar refractivity (Wildman–Crippen MR) is 105 cm³/mol. The minimum absolute atomic E-state index is 0.0609. The van der Waals surface area contributed by atoms with E-state index in [1.165, 1.54) is 15.6 Å². The standard InChI is InChI=1S/C21H21NO3S/c1-3-24-19-11-15(18-13-26-20-7-5-4-6-17(18)20)10-16-12-22(14(2)23)8-9-25-21(16)19/h4-7,10-11,13H,3,8-9,12H2,1-2H3. The van der Waals surface area contributed by atoms with Gasteiger partial charge in [0.2, 0.25) is 5.91 Å². The molecule has 0 atom stereocenters. The number of benzene rings is 2. The summed E-state index contributed by atoms with van der Waals surface area (Å²) in [6.07, 6.45) is 0. The number of hydrogen-bond acceptors (Lipinski definition) is 4. The van der Waals surface area contributed by atoms with Gasteiger partial charge in [-0.25, -0.2) is 0 Å². The summed E-state index contributed by atoms with van der Waals surface area (Å²) in [5.41, 5.74) is 3.28. The number of carbonyl (C=O) groups excluding carboxylic acids is 1. The lowest BCUT2D eigenvalue weighted by molar-refractivity contribution is -0.129. The van der Waals surface area contributed by atoms with Gasteiger partial charge < -0.3 is 14.4 Å². The second-order valence-electron chi connectivity index (χ2n) is 6.33. The van der Waals surface area contributed by atoms with E-state index < -0.39 is 0 Å². The Bertz CT molecular complexity index is 963. The van der Waals surface area contributed by atoms with Gasteiger partial charge in [-0.15, -0.1) is 11.3 Å². The largest absolute Gasteiger partial charge is 0.490 e. The van der Waals surface area contributed by atoms with Crippen molar-refractivity contribution in [3.05, 3.63) is 47.3 Å². The molecule has 4 nitrogen and oxygen atoms in total. The molecular weight excluding hydrogens is 346 g/mol. The Morgan fingerprint density at radius 3 is 2.96 bits per heavy atom. The lowest BCUT2D eigenvalue weighted by Crippen LogP contribution is -2.30. The molecule has 0 aliphatic carbocycles. The van der Waals surface area contributed by atoms with Crippen molar-refractivity contribution in [3.8, 4) is 22.6 Å². The third-order valence-electron chi connectivity index (χ3n) is 4.64. The maximum atomic E-state index is 11.9. The number of thiophene rings is 1. The minimum Gasteiger partial charge on any atom is -0.490 e. The summed E-state index contributed by atoms with van der Waals surface area (Å²) in [6, 6.07) is 12.6. The van der Waals surface area contributed by atoms with E-state index in [1.807, 2.05) is 11.8 Å². The van der Waals surface area contributed by atoms with Crippen LogP contribution in [-0.4, -0.2) is 30.6 Å². The molecule has 1 aromatic heterocycles. The highest BCUT2D eigenvalue weighted by atomic mass is 32.1. The normalized spacial score (nSPS) is 13.8. The van der Waals surface area contributed by atoms with E-state index >= 15 is 0 Å². The number of carbonyl (C=O) groups is 1. The van der Waals surface area contributed by atoms with Crippen molar-refractivity contribution in [3.63, 3.8) is 0 Å². The minimum atomic E-state index is 0.0609. The SMILES string of the molecule is CCOc1cc(-c2csc3ccccc23)cc2c1OCCN(C(C)=O)C2. The molecule has 2 heterocycles. The highest BCUT2D eigenvalue weighted by Crippen LogP contribution is 2.41. The number of amides is 1. The van der Waals surface area contributed by atoms with E-state index in [-0.39, 0.29) is 5.91 Å². The second-order valence-corrected chi connectivity index (χ2v) is 7.24. The van der Waals surface area contributed by atoms with Crippen LogP contribution in [0, 0.1) is 0 Å². The zero-order valence-electron chi connectivity index (χ0n) is 15.0. The van der Waals surface area contributed by atoms with Crippen LogP contribution in [0.4, 0.5) is 0 Å². The van der Waals surface area contributed by atoms with Crippen molar-refractivity contribution in [1.82, 2.24) is 4.90 Å². The lowest BCUT2D eigenvalue weighted by atomic mass is 10.0.